The van der Waals surface area contributed by atoms with Crippen molar-refractivity contribution in [1.82, 2.24) is 5.32 Å². The quantitative estimate of drug-likeness (QED) is 0.668. The first kappa shape index (κ1) is 19.3. The highest BCUT2D eigenvalue weighted by Crippen LogP contribution is 2.16. The third-order valence-electron chi connectivity index (χ3n) is 3.86. The summed E-state index contributed by atoms with van der Waals surface area (Å²) in [5.41, 5.74) is 2.06. The van der Waals surface area contributed by atoms with Gasteiger partial charge in [0.25, 0.3) is 0 Å². The highest BCUT2D eigenvalue weighted by molar-refractivity contribution is 5.81. The van der Waals surface area contributed by atoms with E-state index in [4.69, 9.17) is 0 Å². The molecule has 1 aromatic rings. The van der Waals surface area contributed by atoms with Crippen LogP contribution in [-0.4, -0.2) is 25.2 Å². The minimum atomic E-state index is -4.81. The maximum atomic E-state index is 12.0. The summed E-state index contributed by atoms with van der Waals surface area (Å²) in [7, 11) is 0. The van der Waals surface area contributed by atoms with Crippen molar-refractivity contribution >= 4 is 11.6 Å². The average Bonchev–Trinajstić information content (AvgIpc) is 2.52. The predicted molar refractivity (Wildman–Crippen MR) is 86.4 cm³/mol. The van der Waals surface area contributed by atoms with Gasteiger partial charge in [-0.1, -0.05) is 38.8 Å². The van der Waals surface area contributed by atoms with E-state index in [-0.39, 0.29) is 6.54 Å². The third-order valence-corrected chi connectivity index (χ3v) is 3.86. The molecule has 0 aromatic heterocycles. The zero-order chi connectivity index (χ0) is 17.3. The van der Waals surface area contributed by atoms with Crippen LogP contribution in [0.15, 0.2) is 24.3 Å². The van der Waals surface area contributed by atoms with Crippen molar-refractivity contribution in [2.24, 2.45) is 5.92 Å². The van der Waals surface area contributed by atoms with Crippen molar-refractivity contribution in [3.05, 3.63) is 29.8 Å². The van der Waals surface area contributed by atoms with Crippen LogP contribution in [0.25, 0.3) is 0 Å². The first-order valence-electron chi connectivity index (χ1n) is 8.04. The van der Waals surface area contributed by atoms with Gasteiger partial charge in [-0.25, -0.2) is 0 Å². The largest absolute Gasteiger partial charge is 0.471 e. The Bertz CT molecular complexity index is 485. The Kier molecular flexibility index (Phi) is 7.92. The summed E-state index contributed by atoms with van der Waals surface area (Å²) in [6.45, 7) is 5.27. The predicted octanol–water partition coefficient (Wildman–Crippen LogP) is 4.15. The Morgan fingerprint density at radius 3 is 2.52 bits per heavy atom. The van der Waals surface area contributed by atoms with Gasteiger partial charge in [0.2, 0.25) is 0 Å². The molecule has 0 fully saturated rings. The summed E-state index contributed by atoms with van der Waals surface area (Å²) in [6.07, 6.45) is -1.46. The van der Waals surface area contributed by atoms with E-state index < -0.39 is 12.1 Å². The molecule has 23 heavy (non-hydrogen) atoms. The first-order chi connectivity index (χ1) is 10.9. The molecule has 2 N–H and O–H groups in total. The van der Waals surface area contributed by atoms with E-state index in [2.05, 4.69) is 19.2 Å². The van der Waals surface area contributed by atoms with Crippen LogP contribution in [0.5, 0.6) is 0 Å². The lowest BCUT2D eigenvalue weighted by Crippen LogP contribution is -2.37. The fraction of sp³-hybridized carbons (Fsp3) is 0.588. The van der Waals surface area contributed by atoms with E-state index in [9.17, 15) is 18.0 Å². The molecule has 0 saturated carbocycles. The van der Waals surface area contributed by atoms with Crippen LogP contribution in [0.1, 0.15) is 38.7 Å². The van der Waals surface area contributed by atoms with Crippen LogP contribution >= 0.6 is 0 Å². The van der Waals surface area contributed by atoms with E-state index in [0.29, 0.717) is 18.8 Å². The third kappa shape index (κ3) is 7.39. The number of halogens is 3. The van der Waals surface area contributed by atoms with Crippen LogP contribution in [-0.2, 0) is 11.2 Å². The normalized spacial score (nSPS) is 11.6. The number of aryl methyl sites for hydroxylation is 1. The maximum absolute atomic E-state index is 12.0. The van der Waals surface area contributed by atoms with Gasteiger partial charge >= 0.3 is 12.1 Å². The SMILES string of the molecule is CCC(CC)CNc1cccc(CCCNC(=O)C(F)(F)F)c1. The Morgan fingerprint density at radius 2 is 1.91 bits per heavy atom. The Morgan fingerprint density at radius 1 is 1.22 bits per heavy atom. The molecule has 0 heterocycles. The standard InChI is InChI=1S/C17H25F3N2O/c1-3-13(4-2)12-22-15-9-5-7-14(11-15)8-6-10-21-16(23)17(18,19)20/h5,7,9,11,13,22H,3-4,6,8,10,12H2,1-2H3,(H,21,23). The number of amides is 1. The summed E-state index contributed by atoms with van der Waals surface area (Å²) < 4.78 is 36.1. The van der Waals surface area contributed by atoms with Crippen molar-refractivity contribution in [1.29, 1.82) is 0 Å². The zero-order valence-corrected chi connectivity index (χ0v) is 13.7. The van der Waals surface area contributed by atoms with Crippen molar-refractivity contribution in [2.45, 2.75) is 45.7 Å². The molecule has 1 rings (SSSR count). The summed E-state index contributed by atoms with van der Waals surface area (Å²) in [4.78, 5) is 10.7. The highest BCUT2D eigenvalue weighted by atomic mass is 19.4. The second-order valence-corrected chi connectivity index (χ2v) is 5.62. The summed E-state index contributed by atoms with van der Waals surface area (Å²) in [6, 6.07) is 7.86. The summed E-state index contributed by atoms with van der Waals surface area (Å²) in [5.74, 6) is -1.24. The van der Waals surface area contributed by atoms with Gasteiger partial charge in [0, 0.05) is 18.8 Å². The number of hydrogen-bond donors (Lipinski definition) is 2. The molecule has 0 spiro atoms. The lowest BCUT2D eigenvalue weighted by molar-refractivity contribution is -0.173. The smallest absolute Gasteiger partial charge is 0.385 e. The molecular formula is C17H25F3N2O. The van der Waals surface area contributed by atoms with Gasteiger partial charge in [-0.05, 0) is 36.5 Å². The lowest BCUT2D eigenvalue weighted by Gasteiger charge is -2.15. The number of carbonyl (C=O) groups is 1. The fourth-order valence-corrected chi connectivity index (χ4v) is 2.27. The monoisotopic (exact) mass is 330 g/mol. The van der Waals surface area contributed by atoms with E-state index in [0.717, 1.165) is 30.6 Å². The highest BCUT2D eigenvalue weighted by Gasteiger charge is 2.38. The van der Waals surface area contributed by atoms with Crippen LogP contribution in [0.2, 0.25) is 0 Å². The number of alkyl halides is 3. The average molecular weight is 330 g/mol. The molecule has 0 radical (unpaired) electrons. The van der Waals surface area contributed by atoms with Crippen molar-refractivity contribution in [2.75, 3.05) is 18.4 Å². The van der Waals surface area contributed by atoms with E-state index in [1.807, 2.05) is 29.6 Å². The first-order valence-corrected chi connectivity index (χ1v) is 8.04. The summed E-state index contributed by atoms with van der Waals surface area (Å²) >= 11 is 0. The van der Waals surface area contributed by atoms with E-state index in [1.165, 1.54) is 0 Å². The molecule has 1 aromatic carbocycles. The topological polar surface area (TPSA) is 41.1 Å². The number of hydrogen-bond acceptors (Lipinski definition) is 2. The minimum Gasteiger partial charge on any atom is -0.385 e. The molecular weight excluding hydrogens is 305 g/mol. The molecule has 0 bridgehead atoms. The van der Waals surface area contributed by atoms with E-state index >= 15 is 0 Å². The molecule has 3 nitrogen and oxygen atoms in total. The maximum Gasteiger partial charge on any atom is 0.471 e. The van der Waals surface area contributed by atoms with Gasteiger partial charge in [0.05, 0.1) is 0 Å². The van der Waals surface area contributed by atoms with Gasteiger partial charge in [-0.2, -0.15) is 13.2 Å². The second kappa shape index (κ2) is 9.43. The number of carbonyl (C=O) groups excluding carboxylic acids is 1. The van der Waals surface area contributed by atoms with Crippen molar-refractivity contribution in [3.8, 4) is 0 Å². The molecule has 0 aliphatic carbocycles. The molecule has 130 valence electrons. The zero-order valence-electron chi connectivity index (χ0n) is 13.7. The molecule has 0 saturated heterocycles. The van der Waals surface area contributed by atoms with Gasteiger partial charge in [-0.3, -0.25) is 4.79 Å². The van der Waals surface area contributed by atoms with Crippen LogP contribution in [0, 0.1) is 5.92 Å². The Labute approximate surface area is 135 Å². The molecule has 0 aliphatic rings. The van der Waals surface area contributed by atoms with Crippen molar-refractivity contribution < 1.29 is 18.0 Å². The fourth-order valence-electron chi connectivity index (χ4n) is 2.27. The Balaban J connectivity index is 2.38. The van der Waals surface area contributed by atoms with Crippen LogP contribution in [0.3, 0.4) is 0 Å². The van der Waals surface area contributed by atoms with Crippen LogP contribution < -0.4 is 10.6 Å². The van der Waals surface area contributed by atoms with E-state index in [1.54, 1.807) is 0 Å². The lowest BCUT2D eigenvalue weighted by atomic mass is 10.0. The van der Waals surface area contributed by atoms with Gasteiger partial charge in [-0.15, -0.1) is 0 Å². The number of anilines is 1. The van der Waals surface area contributed by atoms with Gasteiger partial charge in [0.15, 0.2) is 0 Å². The number of nitrogens with one attached hydrogen (secondary N) is 2. The Hall–Kier alpha value is -1.72. The molecule has 1 amide bonds. The minimum absolute atomic E-state index is 0.0176. The van der Waals surface area contributed by atoms with Crippen LogP contribution in [0.4, 0.5) is 18.9 Å². The van der Waals surface area contributed by atoms with Crippen molar-refractivity contribution in [3.63, 3.8) is 0 Å². The number of rotatable bonds is 9. The van der Waals surface area contributed by atoms with Gasteiger partial charge < -0.3 is 10.6 Å². The summed E-state index contributed by atoms with van der Waals surface area (Å²) in [5, 5.41) is 5.28. The molecule has 0 atom stereocenters. The van der Waals surface area contributed by atoms with Gasteiger partial charge in [0.1, 0.15) is 0 Å². The number of benzene rings is 1. The molecule has 0 aliphatic heterocycles. The second-order valence-electron chi connectivity index (χ2n) is 5.62. The molecule has 6 heteroatoms. The molecule has 0 unspecified atom stereocenters.